The van der Waals surface area contributed by atoms with Crippen LogP contribution in [-0.2, 0) is 4.79 Å². The SMILES string of the molecule is O=C(NC1CCCNCC1)C1C2CCCCC21. The van der Waals surface area contributed by atoms with Gasteiger partial charge in [-0.2, -0.15) is 0 Å². The Morgan fingerprint density at radius 1 is 0.941 bits per heavy atom. The fourth-order valence-corrected chi connectivity index (χ4v) is 3.84. The Morgan fingerprint density at radius 3 is 2.47 bits per heavy atom. The number of amides is 1. The number of carbonyl (C=O) groups is 1. The second-order valence-corrected chi connectivity index (χ2v) is 6.02. The zero-order valence-corrected chi connectivity index (χ0v) is 10.6. The lowest BCUT2D eigenvalue weighted by atomic mass is 10.0. The van der Waals surface area contributed by atoms with Crippen molar-refractivity contribution in [2.24, 2.45) is 17.8 Å². The summed E-state index contributed by atoms with van der Waals surface area (Å²) in [4.78, 5) is 12.2. The first-order valence-corrected chi connectivity index (χ1v) is 7.37. The van der Waals surface area contributed by atoms with Gasteiger partial charge in [-0.15, -0.1) is 0 Å². The highest BCUT2D eigenvalue weighted by molar-refractivity contribution is 5.82. The van der Waals surface area contributed by atoms with Gasteiger partial charge in [0.25, 0.3) is 0 Å². The molecular weight excluding hydrogens is 212 g/mol. The summed E-state index contributed by atoms with van der Waals surface area (Å²) in [6, 6.07) is 0.431. The molecule has 3 heteroatoms. The molecular formula is C14H24N2O. The molecule has 96 valence electrons. The van der Waals surface area contributed by atoms with E-state index in [2.05, 4.69) is 10.6 Å². The zero-order valence-electron chi connectivity index (χ0n) is 10.6. The van der Waals surface area contributed by atoms with Gasteiger partial charge in [-0.25, -0.2) is 0 Å². The number of hydrogen-bond acceptors (Lipinski definition) is 2. The number of nitrogens with one attached hydrogen (secondary N) is 2. The van der Waals surface area contributed by atoms with Gasteiger partial charge in [-0.05, 0) is 57.0 Å². The molecule has 3 unspecified atom stereocenters. The fourth-order valence-electron chi connectivity index (χ4n) is 3.84. The first-order valence-electron chi connectivity index (χ1n) is 7.37. The Kier molecular flexibility index (Phi) is 3.37. The molecule has 1 amide bonds. The Balaban J connectivity index is 1.49. The lowest BCUT2D eigenvalue weighted by molar-refractivity contribution is -0.123. The van der Waals surface area contributed by atoms with Crippen molar-refractivity contribution in [3.8, 4) is 0 Å². The summed E-state index contributed by atoms with van der Waals surface area (Å²) in [5, 5.41) is 6.69. The van der Waals surface area contributed by atoms with E-state index in [-0.39, 0.29) is 0 Å². The monoisotopic (exact) mass is 236 g/mol. The smallest absolute Gasteiger partial charge is 0.223 e. The van der Waals surface area contributed by atoms with Crippen molar-refractivity contribution in [1.29, 1.82) is 0 Å². The van der Waals surface area contributed by atoms with Crippen LogP contribution in [0.25, 0.3) is 0 Å². The Labute approximate surface area is 104 Å². The van der Waals surface area contributed by atoms with E-state index in [1.165, 1.54) is 32.1 Å². The molecule has 17 heavy (non-hydrogen) atoms. The van der Waals surface area contributed by atoms with Crippen LogP contribution in [0, 0.1) is 17.8 Å². The predicted octanol–water partition coefficient (Wildman–Crippen LogP) is 1.68. The molecule has 3 fully saturated rings. The van der Waals surface area contributed by atoms with Crippen molar-refractivity contribution >= 4 is 5.91 Å². The summed E-state index contributed by atoms with van der Waals surface area (Å²) in [6.07, 6.45) is 8.75. The van der Waals surface area contributed by atoms with Crippen LogP contribution in [0.4, 0.5) is 0 Å². The van der Waals surface area contributed by atoms with Gasteiger partial charge in [-0.1, -0.05) is 12.8 Å². The Hall–Kier alpha value is -0.570. The van der Waals surface area contributed by atoms with Crippen molar-refractivity contribution in [3.05, 3.63) is 0 Å². The van der Waals surface area contributed by atoms with Crippen molar-refractivity contribution in [3.63, 3.8) is 0 Å². The molecule has 0 aromatic carbocycles. The van der Waals surface area contributed by atoms with Gasteiger partial charge in [-0.3, -0.25) is 4.79 Å². The molecule has 3 aliphatic rings. The largest absolute Gasteiger partial charge is 0.353 e. The Bertz CT molecular complexity index is 272. The number of carbonyl (C=O) groups excluding carboxylic acids is 1. The van der Waals surface area contributed by atoms with E-state index in [9.17, 15) is 4.79 Å². The fraction of sp³-hybridized carbons (Fsp3) is 0.929. The normalized spacial score (nSPS) is 41.2. The quantitative estimate of drug-likeness (QED) is 0.766. The molecule has 2 aliphatic carbocycles. The summed E-state index contributed by atoms with van der Waals surface area (Å²) in [5.41, 5.74) is 0. The molecule has 3 rings (SSSR count). The lowest BCUT2D eigenvalue weighted by Crippen LogP contribution is -2.37. The maximum Gasteiger partial charge on any atom is 0.223 e. The molecule has 0 aromatic heterocycles. The first-order chi connectivity index (χ1) is 8.36. The molecule has 0 bridgehead atoms. The van der Waals surface area contributed by atoms with E-state index in [0.29, 0.717) is 17.9 Å². The summed E-state index contributed by atoms with van der Waals surface area (Å²) >= 11 is 0. The molecule has 1 aliphatic heterocycles. The second kappa shape index (κ2) is 4.97. The van der Waals surface area contributed by atoms with Crippen LogP contribution >= 0.6 is 0 Å². The topological polar surface area (TPSA) is 41.1 Å². The Morgan fingerprint density at radius 2 is 1.71 bits per heavy atom. The second-order valence-electron chi connectivity index (χ2n) is 6.02. The van der Waals surface area contributed by atoms with Crippen LogP contribution in [0.5, 0.6) is 0 Å². The summed E-state index contributed by atoms with van der Waals surface area (Å²) in [6.45, 7) is 2.17. The molecule has 0 aromatic rings. The molecule has 3 atom stereocenters. The maximum absolute atomic E-state index is 12.2. The summed E-state index contributed by atoms with van der Waals surface area (Å²) in [5.74, 6) is 2.24. The number of hydrogen-bond donors (Lipinski definition) is 2. The van der Waals surface area contributed by atoms with Gasteiger partial charge in [0, 0.05) is 12.0 Å². The van der Waals surface area contributed by atoms with Crippen LogP contribution in [-0.4, -0.2) is 25.0 Å². The third kappa shape index (κ3) is 2.49. The van der Waals surface area contributed by atoms with Crippen molar-refractivity contribution < 1.29 is 4.79 Å². The average Bonchev–Trinajstić information content (AvgIpc) is 3.09. The van der Waals surface area contributed by atoms with Crippen molar-refractivity contribution in [2.45, 2.75) is 51.0 Å². The predicted molar refractivity (Wildman–Crippen MR) is 67.6 cm³/mol. The number of rotatable bonds is 2. The minimum absolute atomic E-state index is 0.369. The van der Waals surface area contributed by atoms with Gasteiger partial charge in [0.1, 0.15) is 0 Å². The minimum Gasteiger partial charge on any atom is -0.353 e. The molecule has 2 saturated carbocycles. The molecule has 1 saturated heterocycles. The maximum atomic E-state index is 12.2. The standard InChI is InChI=1S/C14H24N2O/c17-14(13-11-5-1-2-6-12(11)13)16-10-4-3-8-15-9-7-10/h10-13,15H,1-9H2,(H,16,17). The van der Waals surface area contributed by atoms with Crippen molar-refractivity contribution in [1.82, 2.24) is 10.6 Å². The van der Waals surface area contributed by atoms with Gasteiger partial charge in [0.2, 0.25) is 5.91 Å². The third-order valence-electron chi connectivity index (χ3n) is 4.88. The first kappa shape index (κ1) is 11.5. The van der Waals surface area contributed by atoms with E-state index in [1.54, 1.807) is 0 Å². The molecule has 3 nitrogen and oxygen atoms in total. The van der Waals surface area contributed by atoms with Crippen LogP contribution < -0.4 is 10.6 Å². The third-order valence-corrected chi connectivity index (χ3v) is 4.88. The highest BCUT2D eigenvalue weighted by Gasteiger charge is 2.54. The molecule has 0 spiro atoms. The molecule has 2 N–H and O–H groups in total. The lowest BCUT2D eigenvalue weighted by Gasteiger charge is -2.15. The van der Waals surface area contributed by atoms with E-state index < -0.39 is 0 Å². The van der Waals surface area contributed by atoms with Gasteiger partial charge < -0.3 is 10.6 Å². The highest BCUT2D eigenvalue weighted by atomic mass is 16.2. The summed E-state index contributed by atoms with van der Waals surface area (Å²) in [7, 11) is 0. The molecule has 1 heterocycles. The van der Waals surface area contributed by atoms with Gasteiger partial charge >= 0.3 is 0 Å². The molecule has 0 radical (unpaired) electrons. The van der Waals surface area contributed by atoms with Crippen LogP contribution in [0.1, 0.15) is 44.9 Å². The highest BCUT2D eigenvalue weighted by Crippen LogP contribution is 2.55. The van der Waals surface area contributed by atoms with E-state index in [4.69, 9.17) is 0 Å². The zero-order chi connectivity index (χ0) is 11.7. The van der Waals surface area contributed by atoms with E-state index >= 15 is 0 Å². The summed E-state index contributed by atoms with van der Waals surface area (Å²) < 4.78 is 0. The average molecular weight is 236 g/mol. The van der Waals surface area contributed by atoms with Crippen LogP contribution in [0.3, 0.4) is 0 Å². The van der Waals surface area contributed by atoms with Crippen molar-refractivity contribution in [2.75, 3.05) is 13.1 Å². The van der Waals surface area contributed by atoms with E-state index in [0.717, 1.165) is 37.8 Å². The van der Waals surface area contributed by atoms with Crippen LogP contribution in [0.15, 0.2) is 0 Å². The minimum atomic E-state index is 0.369. The van der Waals surface area contributed by atoms with E-state index in [1.807, 2.05) is 0 Å². The van der Waals surface area contributed by atoms with Gasteiger partial charge in [0.05, 0.1) is 0 Å². The number of fused-ring (bicyclic) bond motifs is 1. The van der Waals surface area contributed by atoms with Crippen LogP contribution in [0.2, 0.25) is 0 Å². The van der Waals surface area contributed by atoms with Gasteiger partial charge in [0.15, 0.2) is 0 Å².